The minimum Gasteiger partial charge on any atom is -0.549 e. The van der Waals surface area contributed by atoms with Crippen molar-refractivity contribution in [1.82, 2.24) is 0 Å². The summed E-state index contributed by atoms with van der Waals surface area (Å²) in [5, 5.41) is 21.5. The Morgan fingerprint density at radius 1 is 0.452 bits per heavy atom. The van der Waals surface area contributed by atoms with Gasteiger partial charge in [0.15, 0.2) is 0 Å². The minimum absolute atomic E-state index is 0.174. The Hall–Kier alpha value is -1.23. The van der Waals surface area contributed by atoms with Gasteiger partial charge in [-0.25, -0.2) is 0 Å². The molecule has 0 saturated heterocycles. The number of unbranched alkanes of at least 4 members (excludes halogenated alkanes) is 10. The zero-order valence-electron chi connectivity index (χ0n) is 43.5. The smallest absolute Gasteiger partial charge is 0.274 e. The Morgan fingerprint density at radius 3 is 0.823 bits per heavy atom. The van der Waals surface area contributed by atoms with E-state index in [0.717, 1.165) is 25.7 Å². The van der Waals surface area contributed by atoms with E-state index in [4.69, 9.17) is 0 Å². The highest BCUT2D eigenvalue weighted by molar-refractivity contribution is 7.87. The maximum atomic E-state index is 12.3. The molecule has 3 atom stereocenters. The zero-order chi connectivity index (χ0) is 47.9. The maximum Gasteiger partial charge on any atom is 0.274 e. The first-order valence-corrected chi connectivity index (χ1v) is 28.1. The van der Waals surface area contributed by atoms with Gasteiger partial charge in [0.1, 0.15) is 5.25 Å². The molecule has 9 nitrogen and oxygen atoms in total. The van der Waals surface area contributed by atoms with Gasteiger partial charge in [-0.3, -0.25) is 4.55 Å². The Labute approximate surface area is 387 Å². The highest BCUT2D eigenvalue weighted by atomic mass is 32.2. The Balaban J connectivity index is -0.000000888. The fourth-order valence-electron chi connectivity index (χ4n) is 9.41. The lowest BCUT2D eigenvalue weighted by atomic mass is 9.68. The summed E-state index contributed by atoms with van der Waals surface area (Å²) in [4.78, 5) is 24.0. The molecule has 0 fully saturated rings. The van der Waals surface area contributed by atoms with Crippen LogP contribution in [-0.2, 0) is 19.7 Å². The number of hydrogen-bond donors (Lipinski definition) is 1. The number of carbonyl (C=O) groups is 2. The molecule has 1 N–H and O–H groups in total. The van der Waals surface area contributed by atoms with Crippen molar-refractivity contribution in [1.29, 1.82) is 0 Å². The Morgan fingerprint density at radius 2 is 0.677 bits per heavy atom. The van der Waals surface area contributed by atoms with Crippen LogP contribution in [0.15, 0.2) is 0 Å². The monoisotopic (exact) mass is 905 g/mol. The summed E-state index contributed by atoms with van der Waals surface area (Å²) in [7, 11) is -5.20. The van der Waals surface area contributed by atoms with Crippen LogP contribution in [-0.4, -0.2) is 91.5 Å². The SMILES string of the molecule is CCCCC(CC)CC(CC(CC)CCCC)(C(=O)[O-])C(C(=O)[O-])S(=O)(=O)O.CCCC[N+](CCCC)(CCCC)CCCC.CCCC[N+](CCCC)(CCCC)CCCC. The van der Waals surface area contributed by atoms with E-state index in [1.165, 1.54) is 164 Å². The van der Waals surface area contributed by atoms with E-state index in [-0.39, 0.29) is 24.7 Å². The van der Waals surface area contributed by atoms with Crippen molar-refractivity contribution in [2.45, 2.75) is 255 Å². The van der Waals surface area contributed by atoms with E-state index in [9.17, 15) is 32.8 Å². The third-order valence-electron chi connectivity index (χ3n) is 13.7. The first kappa shape index (κ1) is 65.1. The standard InChI is InChI=1S/C20H38O7S.2C16H36N/c1-5-9-11-15(7-3)13-20(19(23)24,14-16(8-4)12-10-6-2)17(18(21)22)28(25,26)27;2*1-5-9-13-17(14-10-6-2,15-11-7-3)16-12-8-4/h15-17H,5-14H2,1-4H3,(H,21,22)(H,23,24)(H,25,26,27);2*5-16H2,1-4H3/q;2*+1/p-2. The van der Waals surface area contributed by atoms with E-state index in [0.29, 0.717) is 25.7 Å². The average Bonchev–Trinajstić information content (AvgIpc) is 3.25. The van der Waals surface area contributed by atoms with E-state index in [2.05, 4.69) is 55.4 Å². The van der Waals surface area contributed by atoms with E-state index in [1.54, 1.807) is 0 Å². The normalized spacial score (nSPS) is 14.5. The molecule has 0 saturated carbocycles. The summed E-state index contributed by atoms with van der Waals surface area (Å²) in [5.41, 5.74) is -2.23. The molecule has 0 aromatic carbocycles. The topological polar surface area (TPSA) is 135 Å². The molecule has 0 radical (unpaired) electrons. The summed E-state index contributed by atoms with van der Waals surface area (Å²) in [6, 6.07) is 0. The van der Waals surface area contributed by atoms with E-state index in [1.807, 2.05) is 27.7 Å². The van der Waals surface area contributed by atoms with Crippen molar-refractivity contribution >= 4 is 22.1 Å². The number of hydrogen-bond acceptors (Lipinski definition) is 6. The van der Waals surface area contributed by atoms with Crippen LogP contribution in [0.3, 0.4) is 0 Å². The summed E-state index contributed by atoms with van der Waals surface area (Å²) >= 11 is 0. The predicted molar refractivity (Wildman–Crippen MR) is 262 cm³/mol. The average molecular weight is 906 g/mol. The number of rotatable bonds is 40. The second kappa shape index (κ2) is 40.1. The molecule has 0 aliphatic rings. The van der Waals surface area contributed by atoms with Crippen LogP contribution in [0.1, 0.15) is 250 Å². The van der Waals surface area contributed by atoms with Crippen LogP contribution in [0.4, 0.5) is 0 Å². The number of carboxylic acid groups (broad SMARTS) is 2. The van der Waals surface area contributed by atoms with Gasteiger partial charge in [-0.1, -0.05) is 186 Å². The fraction of sp³-hybridized carbons (Fsp3) is 0.962. The summed E-state index contributed by atoms with van der Waals surface area (Å²) in [6.45, 7) is 37.7. The molecule has 0 rings (SSSR count). The van der Waals surface area contributed by atoms with Crippen molar-refractivity contribution < 1.29 is 41.7 Å². The number of carboxylic acids is 2. The Kier molecular flexibility index (Phi) is 42.1. The molecule has 10 heteroatoms. The van der Waals surface area contributed by atoms with Crippen LogP contribution in [0.2, 0.25) is 0 Å². The highest BCUT2D eigenvalue weighted by Crippen LogP contribution is 2.43. The second-order valence-corrected chi connectivity index (χ2v) is 20.7. The molecule has 0 spiro atoms. The molecular formula is C52H108N2O7S. The summed E-state index contributed by atoms with van der Waals surface area (Å²) in [6.07, 6.45) is 27.6. The van der Waals surface area contributed by atoms with E-state index < -0.39 is 32.7 Å². The van der Waals surface area contributed by atoms with Gasteiger partial charge in [0.05, 0.1) is 58.3 Å². The number of nitrogens with zero attached hydrogens (tertiary/aromatic N) is 2. The van der Waals surface area contributed by atoms with Crippen molar-refractivity contribution in [3.8, 4) is 0 Å². The summed E-state index contributed by atoms with van der Waals surface area (Å²) < 4.78 is 36.3. The van der Waals surface area contributed by atoms with Gasteiger partial charge < -0.3 is 28.8 Å². The van der Waals surface area contributed by atoms with Gasteiger partial charge in [0.25, 0.3) is 10.1 Å². The number of quaternary nitrogens is 2. The maximum absolute atomic E-state index is 12.3. The molecular weight excluding hydrogens is 797 g/mol. The van der Waals surface area contributed by atoms with Gasteiger partial charge in [0, 0.05) is 11.4 Å². The van der Waals surface area contributed by atoms with Crippen molar-refractivity contribution in [3.63, 3.8) is 0 Å². The quantitative estimate of drug-likeness (QED) is 0.0478. The molecule has 0 aliphatic heterocycles. The van der Waals surface area contributed by atoms with Crippen LogP contribution in [0, 0.1) is 17.3 Å². The van der Waals surface area contributed by atoms with Gasteiger partial charge in [0.2, 0.25) is 0 Å². The molecule has 0 bridgehead atoms. The van der Waals surface area contributed by atoms with Gasteiger partial charge in [-0.15, -0.1) is 0 Å². The zero-order valence-corrected chi connectivity index (χ0v) is 44.3. The fourth-order valence-corrected chi connectivity index (χ4v) is 10.5. The molecule has 374 valence electrons. The third-order valence-corrected chi connectivity index (χ3v) is 14.9. The Bertz CT molecular complexity index is 1020. The molecule has 0 aliphatic carbocycles. The van der Waals surface area contributed by atoms with Gasteiger partial charge in [-0.05, 0) is 76.0 Å². The highest BCUT2D eigenvalue weighted by Gasteiger charge is 2.50. The minimum atomic E-state index is -5.20. The predicted octanol–water partition coefficient (Wildman–Crippen LogP) is 11.9. The van der Waals surface area contributed by atoms with Crippen molar-refractivity contribution in [2.75, 3.05) is 52.4 Å². The second-order valence-electron chi connectivity index (χ2n) is 19.2. The third kappa shape index (κ3) is 28.6. The molecule has 0 aromatic rings. The van der Waals surface area contributed by atoms with Crippen LogP contribution >= 0.6 is 0 Å². The van der Waals surface area contributed by atoms with Crippen LogP contribution < -0.4 is 10.2 Å². The molecule has 0 heterocycles. The lowest BCUT2D eigenvalue weighted by Crippen LogP contribution is -2.60. The lowest BCUT2D eigenvalue weighted by molar-refractivity contribution is -0.929. The van der Waals surface area contributed by atoms with Crippen LogP contribution in [0.5, 0.6) is 0 Å². The van der Waals surface area contributed by atoms with Crippen molar-refractivity contribution in [3.05, 3.63) is 0 Å². The van der Waals surface area contributed by atoms with Gasteiger partial charge >= 0.3 is 0 Å². The van der Waals surface area contributed by atoms with E-state index >= 15 is 0 Å². The molecule has 0 aromatic heterocycles. The summed E-state index contributed by atoms with van der Waals surface area (Å²) in [5.74, 6) is -4.22. The lowest BCUT2D eigenvalue weighted by Gasteiger charge is -2.44. The molecule has 62 heavy (non-hydrogen) atoms. The number of aliphatic carboxylic acids is 2. The number of carbonyl (C=O) groups excluding carboxylic acids is 2. The first-order chi connectivity index (χ1) is 29.5. The largest absolute Gasteiger partial charge is 0.549 e. The molecule has 0 amide bonds. The molecule has 3 unspecified atom stereocenters. The van der Waals surface area contributed by atoms with Crippen LogP contribution in [0.25, 0.3) is 0 Å². The van der Waals surface area contributed by atoms with Crippen molar-refractivity contribution in [2.24, 2.45) is 17.3 Å². The first-order valence-electron chi connectivity index (χ1n) is 26.6. The van der Waals surface area contributed by atoms with Gasteiger partial charge in [-0.2, -0.15) is 8.42 Å².